The van der Waals surface area contributed by atoms with Crippen molar-refractivity contribution >= 4 is 11.9 Å². The van der Waals surface area contributed by atoms with Gasteiger partial charge in [-0.05, 0) is 32.2 Å². The molecular formula is C25H50N2O3. The number of hydrogen-bond donors (Lipinski definition) is 2. The molecule has 5 nitrogen and oxygen atoms in total. The Bertz CT molecular complexity index is 407. The van der Waals surface area contributed by atoms with E-state index in [1.54, 1.807) is 0 Å². The molecule has 0 fully saturated rings. The van der Waals surface area contributed by atoms with Crippen LogP contribution in [0.25, 0.3) is 0 Å². The second-order valence-electron chi connectivity index (χ2n) is 8.65. The number of amides is 1. The van der Waals surface area contributed by atoms with Gasteiger partial charge in [0.1, 0.15) is 6.04 Å². The van der Waals surface area contributed by atoms with Crippen LogP contribution in [0.15, 0.2) is 0 Å². The maximum Gasteiger partial charge on any atom is 0.320 e. The summed E-state index contributed by atoms with van der Waals surface area (Å²) >= 11 is 0. The number of carboxylic acids is 1. The van der Waals surface area contributed by atoms with Crippen LogP contribution in [0.5, 0.6) is 0 Å². The Hall–Kier alpha value is -1.10. The van der Waals surface area contributed by atoms with Gasteiger partial charge in [-0.1, -0.05) is 91.4 Å². The Labute approximate surface area is 186 Å². The van der Waals surface area contributed by atoms with Crippen LogP contribution in [-0.2, 0) is 9.59 Å². The Balaban J connectivity index is 3.98. The first-order chi connectivity index (χ1) is 14.6. The SMILES string of the molecule is CCCCCCCCCCCCN[C@@H](CCC(=O)N(CCCC)CCCC)C(=O)O. The minimum Gasteiger partial charge on any atom is -0.480 e. The fourth-order valence-electron chi connectivity index (χ4n) is 3.69. The van der Waals surface area contributed by atoms with Crippen molar-refractivity contribution in [3.8, 4) is 0 Å². The Morgan fingerprint density at radius 3 is 1.67 bits per heavy atom. The molecule has 30 heavy (non-hydrogen) atoms. The van der Waals surface area contributed by atoms with Crippen molar-refractivity contribution in [3.05, 3.63) is 0 Å². The summed E-state index contributed by atoms with van der Waals surface area (Å²) in [6.07, 6.45) is 17.6. The Morgan fingerprint density at radius 1 is 0.733 bits per heavy atom. The number of rotatable bonds is 22. The van der Waals surface area contributed by atoms with Gasteiger partial charge in [-0.3, -0.25) is 9.59 Å². The van der Waals surface area contributed by atoms with Gasteiger partial charge in [0, 0.05) is 19.5 Å². The van der Waals surface area contributed by atoms with Gasteiger partial charge in [0.15, 0.2) is 0 Å². The molecule has 0 heterocycles. The molecule has 0 aliphatic carbocycles. The van der Waals surface area contributed by atoms with Crippen molar-refractivity contribution in [2.24, 2.45) is 0 Å². The van der Waals surface area contributed by atoms with Crippen LogP contribution >= 0.6 is 0 Å². The van der Waals surface area contributed by atoms with Crippen LogP contribution in [0, 0.1) is 0 Å². The fourth-order valence-corrected chi connectivity index (χ4v) is 3.69. The van der Waals surface area contributed by atoms with Crippen LogP contribution in [0.2, 0.25) is 0 Å². The molecule has 0 rings (SSSR count). The van der Waals surface area contributed by atoms with E-state index in [0.717, 1.165) is 58.2 Å². The molecular weight excluding hydrogens is 376 g/mol. The molecule has 0 aromatic rings. The summed E-state index contributed by atoms with van der Waals surface area (Å²) in [5, 5.41) is 12.6. The average Bonchev–Trinajstić information content (AvgIpc) is 2.73. The molecule has 0 aliphatic heterocycles. The van der Waals surface area contributed by atoms with E-state index in [-0.39, 0.29) is 5.91 Å². The lowest BCUT2D eigenvalue weighted by molar-refractivity contribution is -0.140. The average molecular weight is 427 g/mol. The lowest BCUT2D eigenvalue weighted by Gasteiger charge is -2.23. The van der Waals surface area contributed by atoms with Gasteiger partial charge in [0.05, 0.1) is 0 Å². The first-order valence-electron chi connectivity index (χ1n) is 12.8. The van der Waals surface area contributed by atoms with Crippen molar-refractivity contribution in [2.75, 3.05) is 19.6 Å². The number of carbonyl (C=O) groups excluding carboxylic acids is 1. The van der Waals surface area contributed by atoms with E-state index < -0.39 is 12.0 Å². The van der Waals surface area contributed by atoms with E-state index in [9.17, 15) is 14.7 Å². The standard InChI is InChI=1S/C25H50N2O3/c1-4-7-10-11-12-13-14-15-16-17-20-26-23(25(29)30)18-19-24(28)27(21-8-5-2)22-9-6-3/h23,26H,4-22H2,1-3H3,(H,29,30)/t23-/m0/s1. The zero-order chi connectivity index (χ0) is 22.5. The molecule has 0 bridgehead atoms. The molecule has 5 heteroatoms. The number of carboxylic acid groups (broad SMARTS) is 1. The monoisotopic (exact) mass is 426 g/mol. The molecule has 0 unspecified atom stereocenters. The van der Waals surface area contributed by atoms with E-state index in [1.807, 2.05) is 4.90 Å². The number of carbonyl (C=O) groups is 2. The molecule has 0 aliphatic rings. The van der Waals surface area contributed by atoms with E-state index >= 15 is 0 Å². The summed E-state index contributed by atoms with van der Waals surface area (Å²) in [5.74, 6) is -0.743. The quantitative estimate of drug-likeness (QED) is 0.203. The number of nitrogens with one attached hydrogen (secondary N) is 1. The van der Waals surface area contributed by atoms with Gasteiger partial charge >= 0.3 is 5.97 Å². The summed E-state index contributed by atoms with van der Waals surface area (Å²) in [4.78, 5) is 26.0. The zero-order valence-electron chi connectivity index (χ0n) is 20.2. The van der Waals surface area contributed by atoms with Crippen LogP contribution in [-0.4, -0.2) is 47.6 Å². The van der Waals surface area contributed by atoms with Gasteiger partial charge in [-0.25, -0.2) is 0 Å². The molecule has 178 valence electrons. The van der Waals surface area contributed by atoms with Crippen molar-refractivity contribution in [3.63, 3.8) is 0 Å². The summed E-state index contributed by atoms with van der Waals surface area (Å²) in [5.41, 5.74) is 0. The predicted molar refractivity (Wildman–Crippen MR) is 127 cm³/mol. The largest absolute Gasteiger partial charge is 0.480 e. The molecule has 1 amide bonds. The highest BCUT2D eigenvalue weighted by Gasteiger charge is 2.20. The normalized spacial score (nSPS) is 12.1. The molecule has 0 saturated carbocycles. The minimum absolute atomic E-state index is 0.101. The first kappa shape index (κ1) is 28.9. The van der Waals surface area contributed by atoms with Crippen LogP contribution < -0.4 is 5.32 Å². The highest BCUT2D eigenvalue weighted by Crippen LogP contribution is 2.11. The van der Waals surface area contributed by atoms with E-state index in [4.69, 9.17) is 0 Å². The smallest absolute Gasteiger partial charge is 0.320 e. The topological polar surface area (TPSA) is 69.6 Å². The van der Waals surface area contributed by atoms with Crippen molar-refractivity contribution < 1.29 is 14.7 Å². The molecule has 0 saturated heterocycles. The first-order valence-corrected chi connectivity index (χ1v) is 12.8. The van der Waals surface area contributed by atoms with Crippen molar-refractivity contribution in [2.45, 2.75) is 130 Å². The summed E-state index contributed by atoms with van der Waals surface area (Å²) in [6, 6.07) is -0.619. The van der Waals surface area contributed by atoms with Gasteiger partial charge in [-0.15, -0.1) is 0 Å². The Morgan fingerprint density at radius 2 is 1.20 bits per heavy atom. The maximum atomic E-state index is 12.5. The predicted octanol–water partition coefficient (Wildman–Crippen LogP) is 6.16. The molecule has 0 aromatic carbocycles. The van der Waals surface area contributed by atoms with Crippen LogP contribution in [0.4, 0.5) is 0 Å². The number of aliphatic carboxylic acids is 1. The molecule has 0 aromatic heterocycles. The number of hydrogen-bond acceptors (Lipinski definition) is 3. The Kier molecular flexibility index (Phi) is 20.4. The summed E-state index contributed by atoms with van der Waals surface area (Å²) < 4.78 is 0. The van der Waals surface area contributed by atoms with Gasteiger partial charge < -0.3 is 15.3 Å². The van der Waals surface area contributed by atoms with Crippen molar-refractivity contribution in [1.29, 1.82) is 0 Å². The second-order valence-corrected chi connectivity index (χ2v) is 8.65. The van der Waals surface area contributed by atoms with Gasteiger partial charge in [-0.2, -0.15) is 0 Å². The molecule has 0 spiro atoms. The third-order valence-electron chi connectivity index (χ3n) is 5.78. The molecule has 1 atom stereocenters. The summed E-state index contributed by atoms with van der Waals surface area (Å²) in [7, 11) is 0. The van der Waals surface area contributed by atoms with E-state index in [2.05, 4.69) is 26.1 Å². The number of nitrogens with zero attached hydrogens (tertiary/aromatic N) is 1. The maximum absolute atomic E-state index is 12.5. The zero-order valence-corrected chi connectivity index (χ0v) is 20.2. The van der Waals surface area contributed by atoms with Gasteiger partial charge in [0.2, 0.25) is 5.91 Å². The highest BCUT2D eigenvalue weighted by molar-refractivity contribution is 5.78. The lowest BCUT2D eigenvalue weighted by Crippen LogP contribution is -2.39. The molecule has 0 radical (unpaired) electrons. The van der Waals surface area contributed by atoms with Gasteiger partial charge in [0.25, 0.3) is 0 Å². The summed E-state index contributed by atoms with van der Waals surface area (Å²) in [6.45, 7) is 8.80. The third-order valence-corrected chi connectivity index (χ3v) is 5.78. The highest BCUT2D eigenvalue weighted by atomic mass is 16.4. The molecule has 2 N–H and O–H groups in total. The lowest BCUT2D eigenvalue weighted by atomic mass is 10.1. The van der Waals surface area contributed by atoms with E-state index in [0.29, 0.717) is 12.8 Å². The third kappa shape index (κ3) is 16.7. The van der Waals surface area contributed by atoms with Crippen LogP contribution in [0.3, 0.4) is 0 Å². The number of unbranched alkanes of at least 4 members (excludes halogenated alkanes) is 11. The minimum atomic E-state index is -0.844. The van der Waals surface area contributed by atoms with Crippen LogP contribution in [0.1, 0.15) is 124 Å². The van der Waals surface area contributed by atoms with E-state index in [1.165, 1.54) is 51.4 Å². The second kappa shape index (κ2) is 21.1. The van der Waals surface area contributed by atoms with Crippen molar-refractivity contribution in [1.82, 2.24) is 10.2 Å². The fraction of sp³-hybridized carbons (Fsp3) is 0.920.